The van der Waals surface area contributed by atoms with Gasteiger partial charge in [-0.05, 0) is 48.8 Å². The topological polar surface area (TPSA) is 152 Å². The number of ether oxygens (including phenoxy) is 2. The van der Waals surface area contributed by atoms with E-state index in [1.54, 1.807) is 12.1 Å². The van der Waals surface area contributed by atoms with Gasteiger partial charge >= 0.3 is 6.09 Å². The van der Waals surface area contributed by atoms with Gasteiger partial charge in [-0.2, -0.15) is 0 Å². The lowest BCUT2D eigenvalue weighted by Gasteiger charge is -2.29. The summed E-state index contributed by atoms with van der Waals surface area (Å²) in [7, 11) is 0. The number of carbonyl (C=O) groups excluding carboxylic acids is 5. The number of alkyl carbamates (subject to hydrolysis) is 1. The summed E-state index contributed by atoms with van der Waals surface area (Å²) in [5.41, 5.74) is 2.36. The lowest BCUT2D eigenvalue weighted by Crippen LogP contribution is -2.57. The summed E-state index contributed by atoms with van der Waals surface area (Å²) in [5.74, 6) is -2.75. The average Bonchev–Trinajstić information content (AvgIpc) is 3.10. The van der Waals surface area contributed by atoms with E-state index in [4.69, 9.17) is 9.47 Å². The van der Waals surface area contributed by atoms with Crippen LogP contribution in [0.2, 0.25) is 0 Å². The van der Waals surface area contributed by atoms with Crippen LogP contribution in [0.25, 0.3) is 0 Å². The Morgan fingerprint density at radius 3 is 1.89 bits per heavy atom. The molecule has 3 aromatic rings. The summed E-state index contributed by atoms with van der Waals surface area (Å²) >= 11 is 0. The summed E-state index contributed by atoms with van der Waals surface area (Å²) in [6.45, 7) is 2.75. The average molecular weight is 643 g/mol. The minimum absolute atomic E-state index is 0.0333. The van der Waals surface area contributed by atoms with Crippen LogP contribution < -0.4 is 21.3 Å². The van der Waals surface area contributed by atoms with Crippen LogP contribution in [0.3, 0.4) is 0 Å². The van der Waals surface area contributed by atoms with E-state index in [-0.39, 0.29) is 25.5 Å². The molecule has 1 aliphatic rings. The van der Waals surface area contributed by atoms with Crippen LogP contribution in [0.5, 0.6) is 0 Å². The van der Waals surface area contributed by atoms with Gasteiger partial charge < -0.3 is 30.7 Å². The molecule has 3 atom stereocenters. The predicted molar refractivity (Wildman–Crippen MR) is 175 cm³/mol. The molecule has 4 N–H and O–H groups in total. The second-order valence-corrected chi connectivity index (χ2v) is 11.6. The third kappa shape index (κ3) is 11.7. The number of rotatable bonds is 15. The molecule has 248 valence electrons. The summed E-state index contributed by atoms with van der Waals surface area (Å²) in [6, 6.07) is 24.1. The zero-order chi connectivity index (χ0) is 33.4. The van der Waals surface area contributed by atoms with E-state index in [0.717, 1.165) is 16.7 Å². The highest BCUT2D eigenvalue weighted by Crippen LogP contribution is 2.21. The molecular weight excluding hydrogens is 600 g/mol. The summed E-state index contributed by atoms with van der Waals surface area (Å²) in [4.78, 5) is 65.9. The number of nitrogens with one attached hydrogen (secondary N) is 4. The quantitative estimate of drug-likeness (QED) is 0.186. The minimum atomic E-state index is -1.18. The van der Waals surface area contributed by atoms with Crippen LogP contribution in [0.4, 0.5) is 4.79 Å². The lowest BCUT2D eigenvalue weighted by molar-refractivity contribution is -0.140. The maximum atomic E-state index is 13.8. The van der Waals surface area contributed by atoms with Crippen LogP contribution in [0.1, 0.15) is 42.9 Å². The number of hydrogen-bond donors (Lipinski definition) is 4. The summed E-state index contributed by atoms with van der Waals surface area (Å²) in [6.07, 6.45) is 0.990. The van der Waals surface area contributed by atoms with E-state index in [9.17, 15) is 24.0 Å². The predicted octanol–water partition coefficient (Wildman–Crippen LogP) is 3.22. The third-order valence-corrected chi connectivity index (χ3v) is 7.92. The van der Waals surface area contributed by atoms with Crippen molar-refractivity contribution >= 4 is 29.6 Å². The summed E-state index contributed by atoms with van der Waals surface area (Å²) < 4.78 is 10.7. The highest BCUT2D eigenvalue weighted by atomic mass is 16.5. The molecule has 4 rings (SSSR count). The van der Waals surface area contributed by atoms with E-state index < -0.39 is 47.7 Å². The van der Waals surface area contributed by atoms with Gasteiger partial charge in [0.25, 0.3) is 5.91 Å². The Balaban J connectivity index is 1.43. The molecule has 0 aliphatic carbocycles. The van der Waals surface area contributed by atoms with Gasteiger partial charge in [0.2, 0.25) is 17.6 Å². The van der Waals surface area contributed by atoms with Gasteiger partial charge in [0.15, 0.2) is 0 Å². The molecule has 0 radical (unpaired) electrons. The van der Waals surface area contributed by atoms with Crippen molar-refractivity contribution in [2.45, 2.75) is 63.9 Å². The van der Waals surface area contributed by atoms with Crippen LogP contribution in [-0.4, -0.2) is 60.9 Å². The molecule has 11 nitrogen and oxygen atoms in total. The van der Waals surface area contributed by atoms with E-state index >= 15 is 0 Å². The number of carbonyl (C=O) groups is 5. The second-order valence-electron chi connectivity index (χ2n) is 11.6. The maximum absolute atomic E-state index is 13.8. The fraction of sp³-hybridized carbons (Fsp3) is 0.361. The van der Waals surface area contributed by atoms with Crippen LogP contribution >= 0.6 is 0 Å². The first kappa shape index (κ1) is 34.8. The Morgan fingerprint density at radius 1 is 0.723 bits per heavy atom. The third-order valence-electron chi connectivity index (χ3n) is 7.92. The summed E-state index contributed by atoms with van der Waals surface area (Å²) in [5, 5.41) is 10.6. The number of amides is 4. The molecule has 1 unspecified atom stereocenters. The fourth-order valence-electron chi connectivity index (χ4n) is 5.21. The highest BCUT2D eigenvalue weighted by Gasteiger charge is 2.33. The first-order valence-corrected chi connectivity index (χ1v) is 15.8. The van der Waals surface area contributed by atoms with Gasteiger partial charge in [0.1, 0.15) is 24.7 Å². The molecule has 4 amide bonds. The Morgan fingerprint density at radius 2 is 1.28 bits per heavy atom. The molecule has 1 heterocycles. The van der Waals surface area contributed by atoms with E-state index in [0.29, 0.717) is 32.5 Å². The molecule has 0 bridgehead atoms. The number of benzene rings is 3. The van der Waals surface area contributed by atoms with Gasteiger partial charge in [-0.25, -0.2) is 4.79 Å². The number of hydrogen-bond acceptors (Lipinski definition) is 7. The van der Waals surface area contributed by atoms with Gasteiger partial charge in [-0.3, -0.25) is 19.2 Å². The molecule has 3 aromatic carbocycles. The highest BCUT2D eigenvalue weighted by molar-refractivity contribution is 6.38. The largest absolute Gasteiger partial charge is 0.445 e. The van der Waals surface area contributed by atoms with Crippen LogP contribution in [-0.2, 0) is 48.2 Å². The Hall–Kier alpha value is -5.03. The fourth-order valence-corrected chi connectivity index (χ4v) is 5.21. The molecule has 0 spiro atoms. The molecule has 47 heavy (non-hydrogen) atoms. The monoisotopic (exact) mass is 642 g/mol. The molecule has 11 heteroatoms. The zero-order valence-electron chi connectivity index (χ0n) is 26.5. The molecule has 1 fully saturated rings. The van der Waals surface area contributed by atoms with E-state index in [1.165, 1.54) is 6.92 Å². The van der Waals surface area contributed by atoms with Crippen molar-refractivity contribution in [3.8, 4) is 0 Å². The Kier molecular flexibility index (Phi) is 13.5. The van der Waals surface area contributed by atoms with Crippen LogP contribution in [0, 0.1) is 5.92 Å². The molecule has 1 saturated heterocycles. The van der Waals surface area contributed by atoms with Crippen molar-refractivity contribution in [2.75, 3.05) is 13.2 Å². The Bertz CT molecular complexity index is 1460. The normalized spacial score (nSPS) is 14.9. The van der Waals surface area contributed by atoms with Crippen molar-refractivity contribution < 1.29 is 33.4 Å². The van der Waals surface area contributed by atoms with Crippen molar-refractivity contribution in [3.63, 3.8) is 0 Å². The van der Waals surface area contributed by atoms with Crippen molar-refractivity contribution in [3.05, 3.63) is 108 Å². The lowest BCUT2D eigenvalue weighted by atomic mass is 9.91. The first-order chi connectivity index (χ1) is 22.8. The molecule has 1 aliphatic heterocycles. The van der Waals surface area contributed by atoms with E-state index in [2.05, 4.69) is 21.3 Å². The number of ketones is 1. The Labute approximate surface area is 274 Å². The standard InChI is InChI=1S/C36H42N4O7/c1-25(38-36(45)47-24-29-15-9-4-10-16-29)33(42)40-31(22-27-17-19-46-20-18-27)34(43)39-30(21-26-11-5-2-6-12-26)32(41)35(44)37-23-28-13-7-3-8-14-28/h2-16,25,27,30-31H,17-24H2,1H3,(H,37,44)(H,38,45)(H,39,43)(H,40,42)/t25-,30-,31?/m0/s1. The van der Waals surface area contributed by atoms with Crippen molar-refractivity contribution in [1.29, 1.82) is 0 Å². The maximum Gasteiger partial charge on any atom is 0.408 e. The van der Waals surface area contributed by atoms with Crippen LogP contribution in [0.15, 0.2) is 91.0 Å². The van der Waals surface area contributed by atoms with Crippen molar-refractivity contribution in [2.24, 2.45) is 5.92 Å². The van der Waals surface area contributed by atoms with Gasteiger partial charge in [0, 0.05) is 26.2 Å². The minimum Gasteiger partial charge on any atom is -0.445 e. The van der Waals surface area contributed by atoms with Gasteiger partial charge in [0.05, 0.1) is 0 Å². The SMILES string of the molecule is C[C@H](NC(=O)OCc1ccccc1)C(=O)NC(CC1CCOCC1)C(=O)N[C@@H](Cc1ccccc1)C(=O)C(=O)NCc1ccccc1. The number of Topliss-reactive ketones (excluding diaryl/α,β-unsaturated/α-hetero) is 1. The molecular formula is C36H42N4O7. The smallest absolute Gasteiger partial charge is 0.408 e. The second kappa shape index (κ2) is 18.2. The van der Waals surface area contributed by atoms with Gasteiger partial charge in [-0.1, -0.05) is 91.0 Å². The molecule has 0 saturated carbocycles. The molecule has 0 aromatic heterocycles. The van der Waals surface area contributed by atoms with Crippen molar-refractivity contribution in [1.82, 2.24) is 21.3 Å². The first-order valence-electron chi connectivity index (χ1n) is 15.8. The van der Waals surface area contributed by atoms with E-state index in [1.807, 2.05) is 78.9 Å². The van der Waals surface area contributed by atoms with Gasteiger partial charge in [-0.15, -0.1) is 0 Å². The zero-order valence-corrected chi connectivity index (χ0v) is 26.5.